The van der Waals surface area contributed by atoms with Gasteiger partial charge in [0.05, 0.1) is 19.4 Å². The molecule has 0 bridgehead atoms. The average Bonchev–Trinajstić information content (AvgIpc) is 3.09. The Labute approximate surface area is 105 Å². The highest BCUT2D eigenvalue weighted by molar-refractivity contribution is 5.56. The van der Waals surface area contributed by atoms with Crippen LogP contribution in [0.2, 0.25) is 0 Å². The molecule has 0 radical (unpaired) electrons. The van der Waals surface area contributed by atoms with Gasteiger partial charge in [0.1, 0.15) is 5.69 Å². The molecule has 1 fully saturated rings. The second kappa shape index (κ2) is 5.29. The van der Waals surface area contributed by atoms with Crippen LogP contribution in [-0.2, 0) is 16.0 Å². The number of rotatable bonds is 4. The van der Waals surface area contributed by atoms with E-state index < -0.39 is 0 Å². The van der Waals surface area contributed by atoms with Crippen LogP contribution >= 0.6 is 0 Å². The van der Waals surface area contributed by atoms with Gasteiger partial charge in [0.25, 0.3) is 0 Å². The molecule has 2 heterocycles. The van der Waals surface area contributed by atoms with Gasteiger partial charge in [-0.3, -0.25) is 4.68 Å². The van der Waals surface area contributed by atoms with Gasteiger partial charge in [-0.25, -0.2) is 0 Å². The minimum atomic E-state index is -0.0885. The van der Waals surface area contributed by atoms with Gasteiger partial charge in [0.2, 0.25) is 0 Å². The summed E-state index contributed by atoms with van der Waals surface area (Å²) in [6.07, 6.45) is 2.66. The molecule has 2 aromatic rings. The van der Waals surface area contributed by atoms with Crippen LogP contribution in [0.4, 0.5) is 0 Å². The van der Waals surface area contributed by atoms with Crippen LogP contribution in [0.3, 0.4) is 0 Å². The Balaban J connectivity index is 1.63. The normalized spacial score (nSPS) is 16.2. The van der Waals surface area contributed by atoms with Gasteiger partial charge < -0.3 is 9.47 Å². The molecule has 18 heavy (non-hydrogen) atoms. The fourth-order valence-electron chi connectivity index (χ4n) is 1.96. The Kier molecular flexibility index (Phi) is 3.34. The Morgan fingerprint density at radius 1 is 1.17 bits per heavy atom. The monoisotopic (exact) mass is 245 g/mol. The van der Waals surface area contributed by atoms with Crippen molar-refractivity contribution < 1.29 is 9.47 Å². The third-order valence-electron chi connectivity index (χ3n) is 2.89. The van der Waals surface area contributed by atoms with Crippen LogP contribution in [0.15, 0.2) is 36.5 Å². The summed E-state index contributed by atoms with van der Waals surface area (Å²) in [4.78, 5) is 0. The molecule has 94 valence electrons. The molecule has 3 rings (SSSR count). The summed E-state index contributed by atoms with van der Waals surface area (Å²) >= 11 is 0. The predicted octanol–water partition coefficient (Wildman–Crippen LogP) is 1.71. The molecule has 0 amide bonds. The smallest absolute Gasteiger partial charge is 0.159 e. The Bertz CT molecular complexity index is 492. The first kappa shape index (κ1) is 11.4. The summed E-state index contributed by atoms with van der Waals surface area (Å²) in [5, 5.41) is 8.27. The highest BCUT2D eigenvalue weighted by Gasteiger charge is 2.15. The molecule has 5 heteroatoms. The molecule has 0 aliphatic carbocycles. The molecule has 0 spiro atoms. The van der Waals surface area contributed by atoms with E-state index in [-0.39, 0.29) is 6.29 Å². The van der Waals surface area contributed by atoms with E-state index in [4.69, 9.17) is 9.47 Å². The summed E-state index contributed by atoms with van der Waals surface area (Å²) in [6.45, 7) is 2.14. The van der Waals surface area contributed by atoms with Crippen LogP contribution in [0.5, 0.6) is 0 Å². The van der Waals surface area contributed by atoms with Crippen molar-refractivity contribution >= 4 is 0 Å². The van der Waals surface area contributed by atoms with Gasteiger partial charge in [0, 0.05) is 18.5 Å². The number of hydrogen-bond acceptors (Lipinski definition) is 4. The summed E-state index contributed by atoms with van der Waals surface area (Å²) in [6, 6.07) is 10.0. The van der Waals surface area contributed by atoms with E-state index in [1.807, 2.05) is 41.2 Å². The summed E-state index contributed by atoms with van der Waals surface area (Å²) in [7, 11) is 0. The van der Waals surface area contributed by atoms with E-state index in [1.165, 1.54) is 0 Å². The van der Waals surface area contributed by atoms with Crippen molar-refractivity contribution in [2.75, 3.05) is 13.2 Å². The topological polar surface area (TPSA) is 49.2 Å². The molecule has 5 nitrogen and oxygen atoms in total. The van der Waals surface area contributed by atoms with Gasteiger partial charge in [-0.05, 0) is 0 Å². The second-order valence-corrected chi connectivity index (χ2v) is 4.19. The van der Waals surface area contributed by atoms with Crippen molar-refractivity contribution in [1.82, 2.24) is 15.0 Å². The lowest BCUT2D eigenvalue weighted by Gasteiger charge is -2.07. The second-order valence-electron chi connectivity index (χ2n) is 4.19. The molecule has 1 aromatic heterocycles. The largest absolute Gasteiger partial charge is 0.350 e. The molecular weight excluding hydrogens is 230 g/mol. The molecular formula is C13H15N3O2. The number of nitrogens with zero attached hydrogens (tertiary/aromatic N) is 3. The van der Waals surface area contributed by atoms with E-state index >= 15 is 0 Å². The molecule has 0 saturated carbocycles. The summed E-state index contributed by atoms with van der Waals surface area (Å²) in [5.74, 6) is 0. The van der Waals surface area contributed by atoms with Crippen molar-refractivity contribution in [3.63, 3.8) is 0 Å². The molecule has 1 aliphatic rings. The van der Waals surface area contributed by atoms with Crippen LogP contribution in [0.25, 0.3) is 11.3 Å². The summed E-state index contributed by atoms with van der Waals surface area (Å²) < 4.78 is 12.6. The zero-order valence-corrected chi connectivity index (χ0v) is 10.0. The Morgan fingerprint density at radius 2 is 1.94 bits per heavy atom. The Hall–Kier alpha value is -1.72. The molecule has 1 aliphatic heterocycles. The van der Waals surface area contributed by atoms with E-state index in [0.29, 0.717) is 13.2 Å². The van der Waals surface area contributed by atoms with Crippen molar-refractivity contribution in [2.24, 2.45) is 0 Å². The molecule has 0 N–H and O–H groups in total. The van der Waals surface area contributed by atoms with E-state index in [9.17, 15) is 0 Å². The molecule has 1 saturated heterocycles. The first-order valence-corrected chi connectivity index (χ1v) is 6.10. The minimum absolute atomic E-state index is 0.0885. The fourth-order valence-corrected chi connectivity index (χ4v) is 1.96. The minimum Gasteiger partial charge on any atom is -0.350 e. The van der Waals surface area contributed by atoms with Gasteiger partial charge in [0.15, 0.2) is 6.29 Å². The number of ether oxygens (including phenoxy) is 2. The first-order chi connectivity index (χ1) is 8.92. The standard InChI is InChI=1S/C13H15N3O2/c1-2-4-11(5-3-1)12-10-16(15-14-12)7-6-13-17-8-9-18-13/h1-5,10,13H,6-9H2. The predicted molar refractivity (Wildman–Crippen MR) is 65.8 cm³/mol. The lowest BCUT2D eigenvalue weighted by molar-refractivity contribution is -0.0496. The average molecular weight is 245 g/mol. The van der Waals surface area contributed by atoms with Gasteiger partial charge in [-0.1, -0.05) is 35.5 Å². The van der Waals surface area contributed by atoms with E-state index in [1.54, 1.807) is 0 Å². The van der Waals surface area contributed by atoms with E-state index in [0.717, 1.165) is 24.2 Å². The van der Waals surface area contributed by atoms with Crippen LogP contribution in [0, 0.1) is 0 Å². The maximum absolute atomic E-state index is 5.38. The molecule has 1 aromatic carbocycles. The van der Waals surface area contributed by atoms with Gasteiger partial charge >= 0.3 is 0 Å². The molecule has 0 unspecified atom stereocenters. The lowest BCUT2D eigenvalue weighted by atomic mass is 10.2. The lowest BCUT2D eigenvalue weighted by Crippen LogP contribution is -2.12. The molecule has 0 atom stereocenters. The first-order valence-electron chi connectivity index (χ1n) is 6.10. The summed E-state index contributed by atoms with van der Waals surface area (Å²) in [5.41, 5.74) is 1.97. The number of benzene rings is 1. The maximum atomic E-state index is 5.38. The number of aromatic nitrogens is 3. The van der Waals surface area contributed by atoms with Crippen molar-refractivity contribution in [3.8, 4) is 11.3 Å². The maximum Gasteiger partial charge on any atom is 0.159 e. The van der Waals surface area contributed by atoms with Crippen LogP contribution in [0.1, 0.15) is 6.42 Å². The third kappa shape index (κ3) is 2.57. The fraction of sp³-hybridized carbons (Fsp3) is 0.385. The number of aryl methyl sites for hydroxylation is 1. The van der Waals surface area contributed by atoms with Gasteiger partial charge in [-0.15, -0.1) is 5.10 Å². The Morgan fingerprint density at radius 3 is 2.72 bits per heavy atom. The van der Waals surface area contributed by atoms with Crippen LogP contribution in [-0.4, -0.2) is 34.5 Å². The van der Waals surface area contributed by atoms with E-state index in [2.05, 4.69) is 10.3 Å². The quantitative estimate of drug-likeness (QED) is 0.822. The van der Waals surface area contributed by atoms with Crippen LogP contribution < -0.4 is 0 Å². The highest BCUT2D eigenvalue weighted by atomic mass is 16.7. The highest BCUT2D eigenvalue weighted by Crippen LogP contribution is 2.15. The van der Waals surface area contributed by atoms with Crippen molar-refractivity contribution in [1.29, 1.82) is 0 Å². The van der Waals surface area contributed by atoms with Crippen molar-refractivity contribution in [2.45, 2.75) is 19.3 Å². The number of hydrogen-bond donors (Lipinski definition) is 0. The van der Waals surface area contributed by atoms with Crippen molar-refractivity contribution in [3.05, 3.63) is 36.5 Å². The zero-order valence-electron chi connectivity index (χ0n) is 10.0. The SMILES string of the molecule is c1ccc(-c2cn(CCC3OCCO3)nn2)cc1. The third-order valence-corrected chi connectivity index (χ3v) is 2.89. The zero-order chi connectivity index (χ0) is 12.2. The van der Waals surface area contributed by atoms with Gasteiger partial charge in [-0.2, -0.15) is 0 Å².